The third kappa shape index (κ3) is 4.33. The number of halogens is 3. The fourth-order valence-electron chi connectivity index (χ4n) is 3.34. The number of likely N-dealkylation sites (tertiary alicyclic amines) is 1. The second kappa shape index (κ2) is 8.43. The molecular formula is C20H19F3N2O3. The number of carbonyl (C=O) groups excluding carboxylic acids is 2. The first kappa shape index (κ1) is 19.9. The number of nitrogens with zero attached hydrogens (tertiary/aromatic N) is 1. The summed E-state index contributed by atoms with van der Waals surface area (Å²) in [5.74, 6) is -3.13. The van der Waals surface area contributed by atoms with Crippen molar-refractivity contribution in [1.29, 1.82) is 0 Å². The molecule has 0 aliphatic carbocycles. The molecule has 2 aromatic carbocycles. The first-order chi connectivity index (χ1) is 13.4. The van der Waals surface area contributed by atoms with Crippen LogP contribution in [0, 0.1) is 11.7 Å². The van der Waals surface area contributed by atoms with Crippen molar-refractivity contribution in [1.82, 2.24) is 4.90 Å². The van der Waals surface area contributed by atoms with E-state index in [9.17, 15) is 22.8 Å². The Morgan fingerprint density at radius 3 is 2.71 bits per heavy atom. The van der Waals surface area contributed by atoms with Crippen LogP contribution in [0.25, 0.3) is 0 Å². The van der Waals surface area contributed by atoms with Gasteiger partial charge in [0.2, 0.25) is 11.8 Å². The molecular weight excluding hydrogens is 373 g/mol. The van der Waals surface area contributed by atoms with E-state index in [1.165, 1.54) is 23.1 Å². The third-order valence-electron chi connectivity index (χ3n) is 4.68. The van der Waals surface area contributed by atoms with Gasteiger partial charge in [-0.3, -0.25) is 9.59 Å². The Hall–Kier alpha value is -2.87. The number of anilines is 1. The molecule has 0 radical (unpaired) electrons. The van der Waals surface area contributed by atoms with Gasteiger partial charge in [-0.25, -0.2) is 4.39 Å². The number of amides is 2. The average Bonchev–Trinajstić information content (AvgIpc) is 2.97. The molecule has 1 heterocycles. The summed E-state index contributed by atoms with van der Waals surface area (Å²) in [4.78, 5) is 26.7. The van der Waals surface area contributed by atoms with Crippen molar-refractivity contribution in [3.05, 3.63) is 65.5 Å². The minimum atomic E-state index is -2.89. The molecule has 1 aliphatic rings. The SMILES string of the molecule is CN1C[C@H](c2cccc(COC(F)F)c2)[C@@H](C(=O)Nc2ccccc2F)C1=O. The van der Waals surface area contributed by atoms with Gasteiger partial charge in [0.25, 0.3) is 0 Å². The second-order valence-electron chi connectivity index (χ2n) is 6.59. The maximum Gasteiger partial charge on any atom is 0.345 e. The number of likely N-dealkylation sites (N-methyl/N-ethyl adjacent to an activating group) is 1. The lowest BCUT2D eigenvalue weighted by molar-refractivity contribution is -0.137. The first-order valence-electron chi connectivity index (χ1n) is 8.65. The van der Waals surface area contributed by atoms with E-state index >= 15 is 0 Å². The van der Waals surface area contributed by atoms with Gasteiger partial charge in [-0.2, -0.15) is 8.78 Å². The van der Waals surface area contributed by atoms with Crippen molar-refractivity contribution in [2.24, 2.45) is 5.92 Å². The molecule has 3 rings (SSSR count). The third-order valence-corrected chi connectivity index (χ3v) is 4.68. The van der Waals surface area contributed by atoms with Gasteiger partial charge in [-0.1, -0.05) is 36.4 Å². The molecule has 148 valence electrons. The van der Waals surface area contributed by atoms with E-state index in [0.29, 0.717) is 11.1 Å². The number of carbonyl (C=O) groups is 2. The largest absolute Gasteiger partial charge is 0.345 e. The quantitative estimate of drug-likeness (QED) is 0.767. The second-order valence-corrected chi connectivity index (χ2v) is 6.59. The van der Waals surface area contributed by atoms with Crippen molar-refractivity contribution in [2.75, 3.05) is 18.9 Å². The van der Waals surface area contributed by atoms with Crippen molar-refractivity contribution >= 4 is 17.5 Å². The summed E-state index contributed by atoms with van der Waals surface area (Å²) >= 11 is 0. The Kier molecular flexibility index (Phi) is 5.99. The Labute approximate surface area is 160 Å². The Morgan fingerprint density at radius 2 is 2.00 bits per heavy atom. The molecule has 5 nitrogen and oxygen atoms in total. The zero-order chi connectivity index (χ0) is 20.3. The zero-order valence-electron chi connectivity index (χ0n) is 15.1. The van der Waals surface area contributed by atoms with Gasteiger partial charge in [-0.05, 0) is 23.3 Å². The topological polar surface area (TPSA) is 58.6 Å². The van der Waals surface area contributed by atoms with Crippen molar-refractivity contribution in [3.63, 3.8) is 0 Å². The van der Waals surface area contributed by atoms with E-state index in [1.807, 2.05) is 0 Å². The van der Waals surface area contributed by atoms with Crippen molar-refractivity contribution in [2.45, 2.75) is 19.1 Å². The van der Waals surface area contributed by atoms with Crippen LogP contribution in [-0.4, -0.2) is 36.9 Å². The lowest BCUT2D eigenvalue weighted by atomic mass is 9.87. The fourth-order valence-corrected chi connectivity index (χ4v) is 3.34. The molecule has 0 spiro atoms. The van der Waals surface area contributed by atoms with Gasteiger partial charge in [0.05, 0.1) is 12.3 Å². The van der Waals surface area contributed by atoms with E-state index in [-0.39, 0.29) is 24.7 Å². The molecule has 1 aliphatic heterocycles. The van der Waals surface area contributed by atoms with Gasteiger partial charge in [0, 0.05) is 19.5 Å². The molecule has 1 N–H and O–H groups in total. The summed E-state index contributed by atoms with van der Waals surface area (Å²) in [6.07, 6.45) is 0. The maximum atomic E-state index is 13.8. The fraction of sp³-hybridized carbons (Fsp3) is 0.300. The van der Waals surface area contributed by atoms with E-state index in [0.717, 1.165) is 0 Å². The number of hydrogen-bond acceptors (Lipinski definition) is 3. The number of benzene rings is 2. The molecule has 2 atom stereocenters. The van der Waals surface area contributed by atoms with Crippen LogP contribution in [-0.2, 0) is 20.9 Å². The number of nitrogens with one attached hydrogen (secondary N) is 1. The number of para-hydroxylation sites is 1. The van der Waals surface area contributed by atoms with Crippen LogP contribution in [0.2, 0.25) is 0 Å². The molecule has 0 aromatic heterocycles. The monoisotopic (exact) mass is 392 g/mol. The minimum absolute atomic E-state index is 0.00677. The van der Waals surface area contributed by atoms with Crippen LogP contribution >= 0.6 is 0 Å². The highest BCUT2D eigenvalue weighted by Gasteiger charge is 2.44. The number of rotatable bonds is 6. The van der Waals surface area contributed by atoms with E-state index < -0.39 is 30.2 Å². The summed E-state index contributed by atoms with van der Waals surface area (Å²) in [5, 5.41) is 2.47. The lowest BCUT2D eigenvalue weighted by Crippen LogP contribution is -2.33. The highest BCUT2D eigenvalue weighted by molar-refractivity contribution is 6.08. The standard InChI is InChI=1S/C20H19F3N2O3/c1-25-10-14(13-6-4-5-12(9-13)11-28-20(22)23)17(19(25)27)18(26)24-16-8-3-2-7-15(16)21/h2-9,14,17,20H,10-11H2,1H3,(H,24,26)/t14-,17+/m1/s1. The first-order valence-corrected chi connectivity index (χ1v) is 8.65. The molecule has 2 amide bonds. The van der Waals surface area contributed by atoms with Crippen LogP contribution in [0.4, 0.5) is 18.9 Å². The smallest absolute Gasteiger partial charge is 0.344 e. The van der Waals surface area contributed by atoms with Gasteiger partial charge in [-0.15, -0.1) is 0 Å². The molecule has 8 heteroatoms. The molecule has 0 bridgehead atoms. The maximum absolute atomic E-state index is 13.8. The normalized spacial score (nSPS) is 19.3. The molecule has 0 unspecified atom stereocenters. The van der Waals surface area contributed by atoms with Crippen LogP contribution in [0.1, 0.15) is 17.0 Å². The van der Waals surface area contributed by atoms with Crippen molar-refractivity contribution in [3.8, 4) is 0 Å². The van der Waals surface area contributed by atoms with Crippen LogP contribution < -0.4 is 5.32 Å². The van der Waals surface area contributed by atoms with Crippen LogP contribution in [0.15, 0.2) is 48.5 Å². The van der Waals surface area contributed by atoms with Gasteiger partial charge in [0.15, 0.2) is 0 Å². The number of hydrogen-bond donors (Lipinski definition) is 1. The lowest BCUT2D eigenvalue weighted by Gasteiger charge is -2.18. The van der Waals surface area contributed by atoms with Gasteiger partial charge >= 0.3 is 6.61 Å². The molecule has 2 aromatic rings. The average molecular weight is 392 g/mol. The predicted molar refractivity (Wildman–Crippen MR) is 96.1 cm³/mol. The van der Waals surface area contributed by atoms with Crippen LogP contribution in [0.5, 0.6) is 0 Å². The predicted octanol–water partition coefficient (Wildman–Crippen LogP) is 3.38. The summed E-state index contributed by atoms with van der Waals surface area (Å²) in [6, 6.07) is 12.3. The van der Waals surface area contributed by atoms with Gasteiger partial charge < -0.3 is 15.0 Å². The Morgan fingerprint density at radius 1 is 1.25 bits per heavy atom. The summed E-state index contributed by atoms with van der Waals surface area (Å²) < 4.78 is 42.7. The zero-order valence-corrected chi connectivity index (χ0v) is 15.1. The number of alkyl halides is 2. The van der Waals surface area contributed by atoms with E-state index in [1.54, 1.807) is 37.4 Å². The number of ether oxygens (including phenoxy) is 1. The highest BCUT2D eigenvalue weighted by atomic mass is 19.3. The summed E-state index contributed by atoms with van der Waals surface area (Å²) in [6.45, 7) is -2.89. The van der Waals surface area contributed by atoms with E-state index in [2.05, 4.69) is 10.1 Å². The Bertz CT molecular complexity index is 875. The van der Waals surface area contributed by atoms with Gasteiger partial charge in [0.1, 0.15) is 11.7 Å². The highest BCUT2D eigenvalue weighted by Crippen LogP contribution is 2.34. The summed E-state index contributed by atoms with van der Waals surface area (Å²) in [7, 11) is 1.58. The Balaban J connectivity index is 1.83. The van der Waals surface area contributed by atoms with E-state index in [4.69, 9.17) is 0 Å². The van der Waals surface area contributed by atoms with Crippen molar-refractivity contribution < 1.29 is 27.5 Å². The molecule has 28 heavy (non-hydrogen) atoms. The summed E-state index contributed by atoms with van der Waals surface area (Å²) in [5.41, 5.74) is 1.16. The van der Waals surface area contributed by atoms with Crippen LogP contribution in [0.3, 0.4) is 0 Å². The molecule has 0 saturated carbocycles. The molecule has 1 fully saturated rings. The molecule has 1 saturated heterocycles. The minimum Gasteiger partial charge on any atom is -0.344 e.